The number of amides is 1. The number of hydrogen-bond acceptors (Lipinski definition) is 4. The van der Waals surface area contributed by atoms with Gasteiger partial charge in [-0.15, -0.1) is 0 Å². The lowest BCUT2D eigenvalue weighted by atomic mass is 9.73. The quantitative estimate of drug-likeness (QED) is 0.775. The second-order valence-corrected chi connectivity index (χ2v) is 10.5. The first-order valence-corrected chi connectivity index (χ1v) is 9.82. The average Bonchev–Trinajstić information content (AvgIpc) is 2.56. The molecule has 0 saturated carbocycles. The molecule has 0 aliphatic carbocycles. The van der Waals surface area contributed by atoms with Gasteiger partial charge in [-0.2, -0.15) is 0 Å². The van der Waals surface area contributed by atoms with Crippen molar-refractivity contribution in [2.45, 2.75) is 51.7 Å². The number of nitrogens with zero attached hydrogens (tertiary/aromatic N) is 1. The van der Waals surface area contributed by atoms with Crippen LogP contribution in [0.1, 0.15) is 47.0 Å². The van der Waals surface area contributed by atoms with Crippen molar-refractivity contribution in [2.24, 2.45) is 11.3 Å². The van der Waals surface area contributed by atoms with Crippen LogP contribution in [0, 0.1) is 11.3 Å². The van der Waals surface area contributed by atoms with Crippen molar-refractivity contribution in [3.8, 4) is 0 Å². The number of carbonyl (C=O) groups is 1. The summed E-state index contributed by atoms with van der Waals surface area (Å²) in [6.45, 7) is 9.78. The molecular weight excluding hydrogens is 302 g/mol. The molecule has 0 atom stereocenters. The molecular formula is C16H29NO4S. The van der Waals surface area contributed by atoms with Gasteiger partial charge >= 0.3 is 0 Å². The minimum Gasteiger partial charge on any atom is -0.381 e. The van der Waals surface area contributed by atoms with Crippen LogP contribution in [0.15, 0.2) is 0 Å². The van der Waals surface area contributed by atoms with Gasteiger partial charge in [0.05, 0.1) is 10.5 Å². The topological polar surface area (TPSA) is 63.7 Å². The van der Waals surface area contributed by atoms with Gasteiger partial charge in [-0.3, -0.25) is 4.79 Å². The lowest BCUT2D eigenvalue weighted by Crippen LogP contribution is -2.47. The number of carbonyl (C=O) groups excluding carboxylic acids is 1. The molecule has 0 unspecified atom stereocenters. The predicted octanol–water partition coefficient (Wildman–Crippen LogP) is 1.86. The molecule has 2 heterocycles. The summed E-state index contributed by atoms with van der Waals surface area (Å²) in [6, 6.07) is 0. The largest absolute Gasteiger partial charge is 0.381 e. The summed E-state index contributed by atoms with van der Waals surface area (Å²) in [7, 11) is -3.15. The Labute approximate surface area is 134 Å². The Morgan fingerprint density at radius 2 is 1.77 bits per heavy atom. The Balaban J connectivity index is 2.12. The van der Waals surface area contributed by atoms with Gasteiger partial charge in [-0.25, -0.2) is 8.42 Å². The van der Waals surface area contributed by atoms with E-state index in [-0.39, 0.29) is 11.7 Å². The van der Waals surface area contributed by atoms with Crippen LogP contribution >= 0.6 is 0 Å². The molecule has 22 heavy (non-hydrogen) atoms. The third-order valence-electron chi connectivity index (χ3n) is 5.54. The normalized spacial score (nSPS) is 26.5. The van der Waals surface area contributed by atoms with Crippen LogP contribution in [0.25, 0.3) is 0 Å². The van der Waals surface area contributed by atoms with Crippen molar-refractivity contribution in [1.82, 2.24) is 4.90 Å². The minimum atomic E-state index is -3.15. The highest BCUT2D eigenvalue weighted by molar-refractivity contribution is 7.92. The zero-order valence-corrected chi connectivity index (χ0v) is 15.0. The molecule has 1 amide bonds. The van der Waals surface area contributed by atoms with Gasteiger partial charge < -0.3 is 9.64 Å². The van der Waals surface area contributed by atoms with Crippen LogP contribution in [0.5, 0.6) is 0 Å². The van der Waals surface area contributed by atoms with Gasteiger partial charge in [0.2, 0.25) is 5.91 Å². The molecule has 2 saturated heterocycles. The van der Waals surface area contributed by atoms with Gasteiger partial charge in [0.15, 0.2) is 9.84 Å². The van der Waals surface area contributed by atoms with Crippen molar-refractivity contribution >= 4 is 15.7 Å². The average molecular weight is 331 g/mol. The Morgan fingerprint density at radius 1 is 1.18 bits per heavy atom. The van der Waals surface area contributed by atoms with Crippen molar-refractivity contribution in [3.63, 3.8) is 0 Å². The van der Waals surface area contributed by atoms with Gasteiger partial charge in [0, 0.05) is 31.7 Å². The molecule has 0 N–H and O–H groups in total. The summed E-state index contributed by atoms with van der Waals surface area (Å²) in [5.41, 5.74) is -0.456. The molecule has 0 spiro atoms. The predicted molar refractivity (Wildman–Crippen MR) is 86.4 cm³/mol. The second-order valence-electron chi connectivity index (χ2n) is 7.73. The molecule has 0 radical (unpaired) electrons. The Hall–Kier alpha value is -0.620. The monoisotopic (exact) mass is 331 g/mol. The summed E-state index contributed by atoms with van der Waals surface area (Å²) < 4.78 is 29.2. The lowest BCUT2D eigenvalue weighted by Gasteiger charge is -2.39. The van der Waals surface area contributed by atoms with Crippen molar-refractivity contribution in [2.75, 3.05) is 32.1 Å². The summed E-state index contributed by atoms with van der Waals surface area (Å²) in [4.78, 5) is 14.7. The first-order chi connectivity index (χ1) is 10.1. The summed E-state index contributed by atoms with van der Waals surface area (Å²) in [5, 5.41) is 0. The van der Waals surface area contributed by atoms with Crippen LogP contribution in [-0.2, 0) is 19.4 Å². The Kier molecular flexibility index (Phi) is 4.93. The van der Waals surface area contributed by atoms with Crippen LogP contribution < -0.4 is 0 Å². The Bertz CT molecular complexity index is 518. The number of hydrogen-bond donors (Lipinski definition) is 0. The fourth-order valence-corrected chi connectivity index (χ4v) is 4.80. The third kappa shape index (κ3) is 3.32. The van der Waals surface area contributed by atoms with E-state index in [2.05, 4.69) is 0 Å². The first-order valence-electron chi connectivity index (χ1n) is 8.17. The molecule has 0 aromatic rings. The van der Waals surface area contributed by atoms with Crippen molar-refractivity contribution in [1.29, 1.82) is 0 Å². The standard InChI is InChI=1S/C16H29NO4S/c1-15(2)7-8-17(9-12-22(15,19)20)14(18)16(3,4)13-5-10-21-11-6-13/h13H,5-12H2,1-4H3. The molecule has 2 aliphatic heterocycles. The van der Waals surface area contributed by atoms with E-state index in [1.165, 1.54) is 0 Å². The fourth-order valence-electron chi connectivity index (χ4n) is 3.38. The van der Waals surface area contributed by atoms with Crippen LogP contribution in [0.4, 0.5) is 0 Å². The highest BCUT2D eigenvalue weighted by Crippen LogP contribution is 2.37. The molecule has 5 nitrogen and oxygen atoms in total. The lowest BCUT2D eigenvalue weighted by molar-refractivity contribution is -0.145. The van der Waals surface area contributed by atoms with Crippen molar-refractivity contribution < 1.29 is 17.9 Å². The molecule has 6 heteroatoms. The molecule has 128 valence electrons. The van der Waals surface area contributed by atoms with Gasteiger partial charge in [0.25, 0.3) is 0 Å². The molecule has 0 bridgehead atoms. The van der Waals surface area contributed by atoms with E-state index < -0.39 is 20.0 Å². The van der Waals surface area contributed by atoms with Gasteiger partial charge in [-0.05, 0) is 39.0 Å². The van der Waals surface area contributed by atoms with E-state index in [0.717, 1.165) is 12.8 Å². The summed E-state index contributed by atoms with van der Waals surface area (Å²) in [6.07, 6.45) is 2.30. The van der Waals surface area contributed by atoms with Gasteiger partial charge in [0.1, 0.15) is 0 Å². The van der Waals surface area contributed by atoms with E-state index in [9.17, 15) is 13.2 Å². The summed E-state index contributed by atoms with van der Waals surface area (Å²) >= 11 is 0. The molecule has 2 aliphatic rings. The SMILES string of the molecule is CC(C)(C(=O)N1CCC(C)(C)S(=O)(=O)CC1)C1CCOCC1. The highest BCUT2D eigenvalue weighted by atomic mass is 32.2. The van der Waals surface area contributed by atoms with Crippen LogP contribution in [0.3, 0.4) is 0 Å². The third-order valence-corrected chi connectivity index (χ3v) is 8.14. The summed E-state index contributed by atoms with van der Waals surface area (Å²) in [5.74, 6) is 0.462. The number of sulfone groups is 1. The maximum atomic E-state index is 13.0. The minimum absolute atomic E-state index is 0.0651. The molecule has 0 aromatic carbocycles. The highest BCUT2D eigenvalue weighted by Gasteiger charge is 2.43. The van der Waals surface area contributed by atoms with E-state index in [4.69, 9.17) is 4.74 Å². The fraction of sp³-hybridized carbons (Fsp3) is 0.938. The Morgan fingerprint density at radius 3 is 2.36 bits per heavy atom. The maximum absolute atomic E-state index is 13.0. The second kappa shape index (κ2) is 6.11. The smallest absolute Gasteiger partial charge is 0.228 e. The first kappa shape index (κ1) is 17.7. The van der Waals surface area contributed by atoms with E-state index in [1.807, 2.05) is 13.8 Å². The van der Waals surface area contributed by atoms with E-state index >= 15 is 0 Å². The zero-order valence-electron chi connectivity index (χ0n) is 14.2. The molecule has 2 rings (SSSR count). The number of rotatable bonds is 2. The number of ether oxygens (including phenoxy) is 1. The molecule has 0 aromatic heterocycles. The van der Waals surface area contributed by atoms with Crippen molar-refractivity contribution in [3.05, 3.63) is 0 Å². The van der Waals surface area contributed by atoms with Crippen LogP contribution in [-0.4, -0.2) is 56.0 Å². The molecule has 2 fully saturated rings. The van der Waals surface area contributed by atoms with Crippen LogP contribution in [0.2, 0.25) is 0 Å². The zero-order chi connectivity index (χ0) is 16.6. The maximum Gasteiger partial charge on any atom is 0.228 e. The van der Waals surface area contributed by atoms with Gasteiger partial charge in [-0.1, -0.05) is 13.8 Å². The van der Waals surface area contributed by atoms with E-state index in [0.29, 0.717) is 38.6 Å². The van der Waals surface area contributed by atoms with E-state index in [1.54, 1.807) is 18.7 Å².